The Hall–Kier alpha value is -1.89. The second-order valence-corrected chi connectivity index (χ2v) is 7.77. The van der Waals surface area contributed by atoms with Gasteiger partial charge in [0.15, 0.2) is 9.84 Å². The zero-order valence-electron chi connectivity index (χ0n) is 12.6. The highest BCUT2D eigenvalue weighted by atomic mass is 32.2. The highest BCUT2D eigenvalue weighted by molar-refractivity contribution is 7.91. The molecule has 0 spiro atoms. The van der Waals surface area contributed by atoms with Crippen molar-refractivity contribution in [2.75, 3.05) is 23.9 Å². The molecule has 1 aromatic carbocycles. The molecule has 0 aliphatic carbocycles. The predicted octanol–water partition coefficient (Wildman–Crippen LogP) is 1.54. The molecule has 1 aliphatic heterocycles. The first kappa shape index (κ1) is 16.5. The molecule has 1 aliphatic rings. The summed E-state index contributed by atoms with van der Waals surface area (Å²) in [6.45, 7) is 1.82. The molecule has 6 nitrogen and oxygen atoms in total. The number of amides is 1. The van der Waals surface area contributed by atoms with Crippen LogP contribution in [0.25, 0.3) is 0 Å². The highest BCUT2D eigenvalue weighted by Gasteiger charge is 2.29. The smallest absolute Gasteiger partial charge is 0.337 e. The van der Waals surface area contributed by atoms with Gasteiger partial charge in [-0.1, -0.05) is 6.07 Å². The number of anilines is 1. The van der Waals surface area contributed by atoms with E-state index >= 15 is 0 Å². The van der Waals surface area contributed by atoms with Crippen LogP contribution < -0.4 is 5.32 Å². The van der Waals surface area contributed by atoms with Gasteiger partial charge in [-0.25, -0.2) is 13.2 Å². The van der Waals surface area contributed by atoms with E-state index in [-0.39, 0.29) is 29.8 Å². The Bertz CT molecular complexity index is 696. The Balaban J connectivity index is 2.04. The lowest BCUT2D eigenvalue weighted by molar-refractivity contribution is -0.116. The standard InChI is InChI=1S/C15H19NO5S/c1-10-3-4-12(15(18)21-2)8-13(10)16-14(17)7-11-5-6-22(19,20)9-11/h3-4,8,11H,5-7,9H2,1-2H3,(H,16,17)/t11-/m0/s1. The summed E-state index contributed by atoms with van der Waals surface area (Å²) in [4.78, 5) is 23.6. The Labute approximate surface area is 129 Å². The third-order valence-corrected chi connectivity index (χ3v) is 5.57. The number of rotatable bonds is 4. The molecule has 1 fully saturated rings. The van der Waals surface area contributed by atoms with Crippen molar-refractivity contribution in [1.29, 1.82) is 0 Å². The lowest BCUT2D eigenvalue weighted by Crippen LogP contribution is -2.18. The van der Waals surface area contributed by atoms with E-state index in [1.807, 2.05) is 6.92 Å². The van der Waals surface area contributed by atoms with Crippen LogP contribution in [-0.2, 0) is 19.4 Å². The molecular formula is C15H19NO5S. The van der Waals surface area contributed by atoms with E-state index in [4.69, 9.17) is 0 Å². The second kappa shape index (κ2) is 6.48. The summed E-state index contributed by atoms with van der Waals surface area (Å²) in [5, 5.41) is 2.74. The highest BCUT2D eigenvalue weighted by Crippen LogP contribution is 2.23. The number of carbonyl (C=O) groups is 2. The van der Waals surface area contributed by atoms with Crippen LogP contribution in [-0.4, -0.2) is 38.9 Å². The van der Waals surface area contributed by atoms with E-state index in [9.17, 15) is 18.0 Å². The summed E-state index contributed by atoms with van der Waals surface area (Å²) in [7, 11) is -1.69. The molecule has 1 N–H and O–H groups in total. The lowest BCUT2D eigenvalue weighted by Gasteiger charge is -2.12. The van der Waals surface area contributed by atoms with Crippen molar-refractivity contribution >= 4 is 27.4 Å². The maximum absolute atomic E-state index is 12.1. The first-order chi connectivity index (χ1) is 10.3. The number of carbonyl (C=O) groups excluding carboxylic acids is 2. The number of aryl methyl sites for hydroxylation is 1. The molecule has 0 radical (unpaired) electrons. The second-order valence-electron chi connectivity index (χ2n) is 5.54. The third-order valence-electron chi connectivity index (χ3n) is 3.73. The van der Waals surface area contributed by atoms with Crippen LogP contribution in [0.15, 0.2) is 18.2 Å². The zero-order valence-corrected chi connectivity index (χ0v) is 13.4. The molecule has 1 heterocycles. The van der Waals surface area contributed by atoms with E-state index in [0.717, 1.165) is 5.56 Å². The fraction of sp³-hybridized carbons (Fsp3) is 0.467. The number of hydrogen-bond donors (Lipinski definition) is 1. The van der Waals surface area contributed by atoms with Gasteiger partial charge < -0.3 is 10.1 Å². The average molecular weight is 325 g/mol. The molecule has 0 unspecified atom stereocenters. The van der Waals surface area contributed by atoms with Gasteiger partial charge in [0.1, 0.15) is 0 Å². The van der Waals surface area contributed by atoms with Gasteiger partial charge in [-0.3, -0.25) is 4.79 Å². The lowest BCUT2D eigenvalue weighted by atomic mass is 10.0. The summed E-state index contributed by atoms with van der Waals surface area (Å²) in [5.74, 6) is -0.623. The van der Waals surface area contributed by atoms with Crippen LogP contribution in [0.2, 0.25) is 0 Å². The molecule has 1 atom stereocenters. The Kier molecular flexibility index (Phi) is 4.85. The van der Waals surface area contributed by atoms with E-state index < -0.39 is 15.8 Å². The molecule has 7 heteroatoms. The summed E-state index contributed by atoms with van der Waals surface area (Å²) in [6.07, 6.45) is 0.693. The summed E-state index contributed by atoms with van der Waals surface area (Å²) in [6, 6.07) is 4.91. The number of ether oxygens (including phenoxy) is 1. The largest absolute Gasteiger partial charge is 0.465 e. The van der Waals surface area contributed by atoms with Gasteiger partial charge in [0, 0.05) is 12.1 Å². The number of sulfone groups is 1. The van der Waals surface area contributed by atoms with Crippen LogP contribution in [0.5, 0.6) is 0 Å². The van der Waals surface area contributed by atoms with Gasteiger partial charge in [0.05, 0.1) is 24.2 Å². The van der Waals surface area contributed by atoms with Gasteiger partial charge in [-0.05, 0) is 37.0 Å². The summed E-state index contributed by atoms with van der Waals surface area (Å²) >= 11 is 0. The summed E-state index contributed by atoms with van der Waals surface area (Å²) in [5.41, 5.74) is 1.71. The van der Waals surface area contributed by atoms with Gasteiger partial charge in [-0.15, -0.1) is 0 Å². The Morgan fingerprint density at radius 3 is 2.68 bits per heavy atom. The minimum Gasteiger partial charge on any atom is -0.465 e. The number of esters is 1. The molecule has 1 saturated heterocycles. The Morgan fingerprint density at radius 1 is 1.36 bits per heavy atom. The van der Waals surface area contributed by atoms with Gasteiger partial charge in [0.25, 0.3) is 0 Å². The SMILES string of the molecule is COC(=O)c1ccc(C)c(NC(=O)C[C@@H]2CCS(=O)(=O)C2)c1. The van der Waals surface area contributed by atoms with Crippen molar-refractivity contribution in [3.05, 3.63) is 29.3 Å². The topological polar surface area (TPSA) is 89.5 Å². The Morgan fingerprint density at radius 2 is 2.09 bits per heavy atom. The van der Waals surface area contributed by atoms with Crippen LogP contribution in [0, 0.1) is 12.8 Å². The van der Waals surface area contributed by atoms with Gasteiger partial charge >= 0.3 is 5.97 Å². The number of hydrogen-bond acceptors (Lipinski definition) is 5. The van der Waals surface area contributed by atoms with Crippen molar-refractivity contribution in [2.24, 2.45) is 5.92 Å². The van der Waals surface area contributed by atoms with Crippen molar-refractivity contribution in [3.63, 3.8) is 0 Å². The predicted molar refractivity (Wildman–Crippen MR) is 82.5 cm³/mol. The maximum atomic E-state index is 12.1. The van der Waals surface area contributed by atoms with E-state index in [0.29, 0.717) is 17.7 Å². The van der Waals surface area contributed by atoms with Crippen LogP contribution >= 0.6 is 0 Å². The minimum absolute atomic E-state index is 0.0710. The number of nitrogens with one attached hydrogen (secondary N) is 1. The minimum atomic E-state index is -2.98. The molecule has 0 bridgehead atoms. The fourth-order valence-corrected chi connectivity index (χ4v) is 4.36. The number of methoxy groups -OCH3 is 1. The normalized spacial score (nSPS) is 19.6. The molecular weight excluding hydrogens is 306 g/mol. The van der Waals surface area contributed by atoms with Crippen LogP contribution in [0.1, 0.15) is 28.8 Å². The van der Waals surface area contributed by atoms with Crippen molar-refractivity contribution < 1.29 is 22.7 Å². The van der Waals surface area contributed by atoms with E-state index in [2.05, 4.69) is 10.1 Å². The van der Waals surface area contributed by atoms with Gasteiger partial charge in [-0.2, -0.15) is 0 Å². The molecule has 1 aromatic rings. The van der Waals surface area contributed by atoms with Gasteiger partial charge in [0.2, 0.25) is 5.91 Å². The van der Waals surface area contributed by atoms with E-state index in [1.54, 1.807) is 18.2 Å². The first-order valence-electron chi connectivity index (χ1n) is 7.00. The van der Waals surface area contributed by atoms with Crippen molar-refractivity contribution in [1.82, 2.24) is 0 Å². The molecule has 0 saturated carbocycles. The zero-order chi connectivity index (χ0) is 16.3. The average Bonchev–Trinajstić information content (AvgIpc) is 2.79. The first-order valence-corrected chi connectivity index (χ1v) is 8.82. The molecule has 1 amide bonds. The molecule has 120 valence electrons. The van der Waals surface area contributed by atoms with E-state index in [1.165, 1.54) is 7.11 Å². The fourth-order valence-electron chi connectivity index (χ4n) is 2.50. The van der Waals surface area contributed by atoms with Crippen molar-refractivity contribution in [2.45, 2.75) is 19.8 Å². The molecule has 2 rings (SSSR count). The number of benzene rings is 1. The third kappa shape index (κ3) is 4.07. The quantitative estimate of drug-likeness (QED) is 0.848. The maximum Gasteiger partial charge on any atom is 0.337 e. The van der Waals surface area contributed by atoms with Crippen LogP contribution in [0.4, 0.5) is 5.69 Å². The van der Waals surface area contributed by atoms with Crippen molar-refractivity contribution in [3.8, 4) is 0 Å². The molecule has 0 aromatic heterocycles. The van der Waals surface area contributed by atoms with Crippen LogP contribution in [0.3, 0.4) is 0 Å². The summed E-state index contributed by atoms with van der Waals surface area (Å²) < 4.78 is 27.5. The monoisotopic (exact) mass is 325 g/mol. The molecule has 22 heavy (non-hydrogen) atoms.